The van der Waals surface area contributed by atoms with Gasteiger partial charge >= 0.3 is 8.80 Å². The molecule has 0 bridgehead atoms. The zero-order chi connectivity index (χ0) is 11.7. The summed E-state index contributed by atoms with van der Waals surface area (Å²) in [5.41, 5.74) is 0. The standard InChI is InChI=1S/C9H22O4SSi/c1-4-11-15(12-5-2,8-6-7-14)13-9(3)10/h9-10,14H,4-8H2,1-3H3. The van der Waals surface area contributed by atoms with Gasteiger partial charge in [-0.3, -0.25) is 0 Å². The molecule has 0 rings (SSSR count). The van der Waals surface area contributed by atoms with Gasteiger partial charge in [0.25, 0.3) is 0 Å². The Morgan fingerprint density at radius 2 is 1.80 bits per heavy atom. The van der Waals surface area contributed by atoms with E-state index in [4.69, 9.17) is 13.3 Å². The molecule has 0 heterocycles. The Hall–Kier alpha value is 0.407. The monoisotopic (exact) mass is 254 g/mol. The Labute approximate surface area is 98.7 Å². The van der Waals surface area contributed by atoms with Crippen LogP contribution in [0.2, 0.25) is 6.04 Å². The first-order valence-electron chi connectivity index (χ1n) is 5.34. The molecule has 0 radical (unpaired) electrons. The lowest BCUT2D eigenvalue weighted by molar-refractivity contribution is -0.0645. The van der Waals surface area contributed by atoms with Crippen molar-refractivity contribution in [3.05, 3.63) is 0 Å². The molecule has 0 aliphatic rings. The van der Waals surface area contributed by atoms with E-state index in [0.29, 0.717) is 19.3 Å². The van der Waals surface area contributed by atoms with E-state index in [1.807, 2.05) is 13.8 Å². The molecule has 0 saturated heterocycles. The van der Waals surface area contributed by atoms with Crippen molar-refractivity contribution >= 4 is 21.4 Å². The molecule has 1 N–H and O–H groups in total. The maximum absolute atomic E-state index is 9.27. The first-order valence-corrected chi connectivity index (χ1v) is 7.91. The van der Waals surface area contributed by atoms with Crippen LogP contribution in [0, 0.1) is 0 Å². The second-order valence-electron chi connectivity index (χ2n) is 3.09. The van der Waals surface area contributed by atoms with Gasteiger partial charge in [-0.15, -0.1) is 0 Å². The molecule has 0 fully saturated rings. The average Bonchev–Trinajstić information content (AvgIpc) is 2.14. The van der Waals surface area contributed by atoms with E-state index in [2.05, 4.69) is 12.6 Å². The van der Waals surface area contributed by atoms with E-state index >= 15 is 0 Å². The van der Waals surface area contributed by atoms with Crippen LogP contribution in [-0.4, -0.2) is 39.2 Å². The molecular formula is C9H22O4SSi. The van der Waals surface area contributed by atoms with Crippen LogP contribution in [0.1, 0.15) is 27.2 Å². The molecule has 0 aromatic rings. The summed E-state index contributed by atoms with van der Waals surface area (Å²) in [6.07, 6.45) is 0.0110. The lowest BCUT2D eigenvalue weighted by Gasteiger charge is -2.29. The summed E-state index contributed by atoms with van der Waals surface area (Å²) in [5, 5.41) is 9.27. The SMILES string of the molecule is CCO[Si](CCCS)(OCC)OC(C)O. The fourth-order valence-corrected chi connectivity index (χ4v) is 4.40. The Kier molecular flexibility index (Phi) is 8.78. The minimum Gasteiger partial charge on any atom is -0.374 e. The van der Waals surface area contributed by atoms with Gasteiger partial charge in [0.15, 0.2) is 0 Å². The van der Waals surface area contributed by atoms with Crippen molar-refractivity contribution in [2.45, 2.75) is 39.5 Å². The molecule has 0 aromatic carbocycles. The number of aliphatic hydroxyl groups excluding tert-OH is 1. The third-order valence-corrected chi connectivity index (χ3v) is 5.16. The molecule has 4 nitrogen and oxygen atoms in total. The highest BCUT2D eigenvalue weighted by Gasteiger charge is 2.41. The average molecular weight is 254 g/mol. The van der Waals surface area contributed by atoms with Crippen LogP contribution in [0.25, 0.3) is 0 Å². The zero-order valence-corrected chi connectivity index (χ0v) is 11.6. The molecule has 0 amide bonds. The smallest absolute Gasteiger partial charge is 0.374 e. The quantitative estimate of drug-likeness (QED) is 0.373. The number of rotatable bonds is 9. The minimum atomic E-state index is -2.68. The third kappa shape index (κ3) is 6.55. The van der Waals surface area contributed by atoms with Gasteiger partial charge in [-0.2, -0.15) is 12.6 Å². The van der Waals surface area contributed by atoms with Gasteiger partial charge < -0.3 is 18.4 Å². The highest BCUT2D eigenvalue weighted by atomic mass is 32.1. The molecule has 0 spiro atoms. The van der Waals surface area contributed by atoms with Crippen molar-refractivity contribution in [3.63, 3.8) is 0 Å². The Morgan fingerprint density at radius 3 is 2.13 bits per heavy atom. The third-order valence-electron chi connectivity index (χ3n) is 1.72. The van der Waals surface area contributed by atoms with E-state index < -0.39 is 15.1 Å². The lowest BCUT2D eigenvalue weighted by atomic mass is 10.6. The van der Waals surface area contributed by atoms with Crippen LogP contribution in [0.15, 0.2) is 0 Å². The van der Waals surface area contributed by atoms with Crippen molar-refractivity contribution in [1.82, 2.24) is 0 Å². The van der Waals surface area contributed by atoms with Crippen LogP contribution < -0.4 is 0 Å². The minimum absolute atomic E-state index is 0.533. The Morgan fingerprint density at radius 1 is 1.27 bits per heavy atom. The van der Waals surface area contributed by atoms with Gasteiger partial charge in [0.05, 0.1) is 0 Å². The molecule has 0 saturated carbocycles. The van der Waals surface area contributed by atoms with Crippen LogP contribution in [-0.2, 0) is 13.3 Å². The van der Waals surface area contributed by atoms with Crippen LogP contribution >= 0.6 is 12.6 Å². The first kappa shape index (κ1) is 15.4. The fourth-order valence-electron chi connectivity index (χ4n) is 1.31. The molecule has 0 aliphatic heterocycles. The summed E-state index contributed by atoms with van der Waals surface area (Å²) >= 11 is 4.15. The number of aliphatic hydroxyl groups is 1. The number of hydrogen-bond donors (Lipinski definition) is 2. The van der Waals surface area contributed by atoms with Crippen LogP contribution in [0.5, 0.6) is 0 Å². The maximum atomic E-state index is 9.27. The molecule has 6 heteroatoms. The zero-order valence-electron chi connectivity index (χ0n) is 9.73. The van der Waals surface area contributed by atoms with Gasteiger partial charge in [-0.25, -0.2) is 0 Å². The van der Waals surface area contributed by atoms with E-state index in [1.165, 1.54) is 0 Å². The molecule has 0 aromatic heterocycles. The predicted molar refractivity (Wildman–Crippen MR) is 65.0 cm³/mol. The summed E-state index contributed by atoms with van der Waals surface area (Å²) in [5.74, 6) is 0.762. The van der Waals surface area contributed by atoms with Crippen molar-refractivity contribution in [3.8, 4) is 0 Å². The number of thiol groups is 1. The van der Waals surface area contributed by atoms with E-state index in [0.717, 1.165) is 12.2 Å². The Balaban J connectivity index is 4.40. The Bertz CT molecular complexity index is 151. The maximum Gasteiger partial charge on any atom is 0.502 e. The normalized spacial score (nSPS) is 14.2. The van der Waals surface area contributed by atoms with E-state index in [-0.39, 0.29) is 0 Å². The summed E-state index contributed by atoms with van der Waals surface area (Å²) < 4.78 is 16.6. The van der Waals surface area contributed by atoms with Crippen molar-refractivity contribution < 1.29 is 18.4 Å². The molecule has 92 valence electrons. The van der Waals surface area contributed by atoms with Crippen molar-refractivity contribution in [1.29, 1.82) is 0 Å². The topological polar surface area (TPSA) is 47.9 Å². The summed E-state index contributed by atoms with van der Waals surface area (Å²) in [4.78, 5) is 0. The molecule has 1 unspecified atom stereocenters. The summed E-state index contributed by atoms with van der Waals surface area (Å²) in [7, 11) is -2.68. The van der Waals surface area contributed by atoms with Crippen molar-refractivity contribution in [2.75, 3.05) is 19.0 Å². The molecule has 15 heavy (non-hydrogen) atoms. The fraction of sp³-hybridized carbons (Fsp3) is 1.00. The van der Waals surface area contributed by atoms with Crippen LogP contribution in [0.4, 0.5) is 0 Å². The van der Waals surface area contributed by atoms with Gasteiger partial charge in [-0.05, 0) is 32.9 Å². The largest absolute Gasteiger partial charge is 0.502 e. The van der Waals surface area contributed by atoms with Gasteiger partial charge in [0.2, 0.25) is 0 Å². The lowest BCUT2D eigenvalue weighted by Crippen LogP contribution is -2.48. The van der Waals surface area contributed by atoms with Crippen molar-refractivity contribution in [2.24, 2.45) is 0 Å². The van der Waals surface area contributed by atoms with E-state index in [1.54, 1.807) is 6.92 Å². The van der Waals surface area contributed by atoms with E-state index in [9.17, 15) is 5.11 Å². The predicted octanol–water partition coefficient (Wildman–Crippen LogP) is 1.67. The summed E-state index contributed by atoms with van der Waals surface area (Å²) in [6, 6.07) is 0.698. The van der Waals surface area contributed by atoms with Gasteiger partial charge in [0.1, 0.15) is 6.29 Å². The second kappa shape index (κ2) is 8.55. The van der Waals surface area contributed by atoms with Gasteiger partial charge in [-0.1, -0.05) is 0 Å². The van der Waals surface area contributed by atoms with Crippen LogP contribution in [0.3, 0.4) is 0 Å². The summed E-state index contributed by atoms with van der Waals surface area (Å²) in [6.45, 7) is 6.43. The highest BCUT2D eigenvalue weighted by Crippen LogP contribution is 2.19. The van der Waals surface area contributed by atoms with Gasteiger partial charge in [0, 0.05) is 19.3 Å². The number of hydrogen-bond acceptors (Lipinski definition) is 5. The molecule has 1 atom stereocenters. The molecule has 0 aliphatic carbocycles. The second-order valence-corrected chi connectivity index (χ2v) is 6.22. The highest BCUT2D eigenvalue weighted by molar-refractivity contribution is 7.80. The first-order chi connectivity index (χ1) is 7.10. The molecular weight excluding hydrogens is 232 g/mol.